The fraction of sp³-hybridized carbons (Fsp3) is 0.136. The predicted molar refractivity (Wildman–Crippen MR) is 146 cm³/mol. The molecule has 2 aromatic carbocycles. The van der Waals surface area contributed by atoms with Crippen LogP contribution in [-0.2, 0) is 21.2 Å². The summed E-state index contributed by atoms with van der Waals surface area (Å²) in [6, 6.07) is 7.63. The molecule has 218 valence electrons. The van der Waals surface area contributed by atoms with Crippen LogP contribution in [0.3, 0.4) is 0 Å². The molecule has 4 N–H and O–H groups in total. The largest absolute Gasteiger partial charge is 0.490 e. The number of carboxylic acids is 1. The number of hydrogen-bond acceptors (Lipinski definition) is 9. The van der Waals surface area contributed by atoms with Gasteiger partial charge >= 0.3 is 12.1 Å². The summed E-state index contributed by atoms with van der Waals surface area (Å²) in [6.45, 7) is -0.0146. The Morgan fingerprint density at radius 3 is 2.44 bits per heavy atom. The molecule has 0 fully saturated rings. The second kappa shape index (κ2) is 12.1. The van der Waals surface area contributed by atoms with Crippen molar-refractivity contribution in [2.75, 3.05) is 6.26 Å². The van der Waals surface area contributed by atoms with Crippen molar-refractivity contribution in [3.8, 4) is 0 Å². The van der Waals surface area contributed by atoms with Gasteiger partial charge in [-0.15, -0.1) is 23.1 Å². The van der Waals surface area contributed by atoms with Crippen LogP contribution in [-0.4, -0.2) is 52.2 Å². The number of carbonyl (C=O) groups is 1. The van der Waals surface area contributed by atoms with Gasteiger partial charge in [0.15, 0.2) is 0 Å². The molecule has 0 amide bonds. The second-order valence-electron chi connectivity index (χ2n) is 7.86. The van der Waals surface area contributed by atoms with Gasteiger partial charge in [-0.1, -0.05) is 0 Å². The Bertz CT molecular complexity index is 1790. The number of nitrogens with one attached hydrogen (secondary N) is 1. The van der Waals surface area contributed by atoms with Gasteiger partial charge in [0.2, 0.25) is 9.84 Å². The maximum absolute atomic E-state index is 14.5. The standard InChI is InChI=1S/C20H15BrFN5O4S3.C2HF3O2/c1-32-20-17(7-16(33-20)19(23)24)34(30,31)12-5-13(21)18-15(6-12)26(9-25-18)8-10-2-3-11(27(28)29)4-14(10)22;3-2(4,5)1(6)7/h2-7,9H,8H2,1H3,(H3,23,24);(H,6,7). The zero-order valence-corrected chi connectivity index (χ0v) is 24.3. The quantitative estimate of drug-likeness (QED) is 0.0566. The van der Waals surface area contributed by atoms with E-state index in [2.05, 4.69) is 20.9 Å². The number of aliphatic carboxylic acids is 1. The molecule has 19 heteroatoms. The average molecular weight is 698 g/mol. The fourth-order valence-corrected chi connectivity index (χ4v) is 7.89. The van der Waals surface area contributed by atoms with Crippen molar-refractivity contribution in [3.63, 3.8) is 0 Å². The molecule has 0 spiro atoms. The van der Waals surface area contributed by atoms with Gasteiger partial charge in [0.1, 0.15) is 17.2 Å². The number of sulfone groups is 1. The predicted octanol–water partition coefficient (Wildman–Crippen LogP) is 5.43. The van der Waals surface area contributed by atoms with Crippen LogP contribution >= 0.6 is 39.0 Å². The number of nitrogens with zero attached hydrogens (tertiary/aromatic N) is 3. The number of rotatable bonds is 7. The van der Waals surface area contributed by atoms with E-state index in [-0.39, 0.29) is 33.4 Å². The molecular weight excluding hydrogens is 682 g/mol. The van der Waals surface area contributed by atoms with E-state index in [0.717, 1.165) is 17.4 Å². The highest BCUT2D eigenvalue weighted by Crippen LogP contribution is 2.38. The van der Waals surface area contributed by atoms with Gasteiger partial charge < -0.3 is 15.4 Å². The highest BCUT2D eigenvalue weighted by molar-refractivity contribution is 9.10. The first-order chi connectivity index (χ1) is 19.0. The van der Waals surface area contributed by atoms with Gasteiger partial charge in [0.05, 0.1) is 48.3 Å². The second-order valence-corrected chi connectivity index (χ2v) is 12.8. The van der Waals surface area contributed by atoms with Gasteiger partial charge in [0.25, 0.3) is 5.69 Å². The molecule has 0 aliphatic heterocycles. The average Bonchev–Trinajstić information content (AvgIpc) is 3.50. The number of hydrogen-bond donors (Lipinski definition) is 3. The van der Waals surface area contributed by atoms with Gasteiger partial charge in [0, 0.05) is 16.1 Å². The minimum Gasteiger partial charge on any atom is -0.475 e. The number of alkyl halides is 3. The number of fused-ring (bicyclic) bond motifs is 1. The van der Waals surface area contributed by atoms with Crippen molar-refractivity contribution in [2.24, 2.45) is 5.73 Å². The van der Waals surface area contributed by atoms with E-state index in [0.29, 0.717) is 24.6 Å². The Labute approximate surface area is 244 Å². The van der Waals surface area contributed by atoms with Crippen LogP contribution < -0.4 is 5.73 Å². The number of nitro benzene ring substituents is 1. The minimum atomic E-state index is -5.08. The molecule has 0 unspecified atom stereocenters. The summed E-state index contributed by atoms with van der Waals surface area (Å²) in [5.41, 5.74) is 6.27. The SMILES string of the molecule is CSc1sc(C(=N)N)cc1S(=O)(=O)c1cc(Br)c2ncn(Cc3ccc([N+](=O)[O-])cc3F)c2c1.O=C(O)C(F)(F)F. The number of imidazole rings is 1. The van der Waals surface area contributed by atoms with E-state index in [1.165, 1.54) is 48.4 Å². The van der Waals surface area contributed by atoms with Gasteiger partial charge in [-0.2, -0.15) is 13.2 Å². The number of carboxylic acid groups (broad SMARTS) is 1. The Morgan fingerprint density at radius 2 is 1.93 bits per heavy atom. The number of nitro groups is 1. The maximum atomic E-state index is 14.5. The smallest absolute Gasteiger partial charge is 0.475 e. The molecule has 0 radical (unpaired) electrons. The number of amidine groups is 1. The Morgan fingerprint density at radius 1 is 1.29 bits per heavy atom. The van der Waals surface area contributed by atoms with E-state index in [1.807, 2.05) is 0 Å². The molecule has 0 atom stereocenters. The van der Waals surface area contributed by atoms with E-state index in [4.69, 9.17) is 21.0 Å². The number of aromatic nitrogens is 2. The summed E-state index contributed by atoms with van der Waals surface area (Å²) < 4.78 is 75.7. The van der Waals surface area contributed by atoms with E-state index in [1.54, 1.807) is 10.8 Å². The molecule has 11 nitrogen and oxygen atoms in total. The lowest BCUT2D eigenvalue weighted by atomic mass is 10.2. The monoisotopic (exact) mass is 697 g/mol. The normalized spacial score (nSPS) is 11.7. The van der Waals surface area contributed by atoms with Crippen molar-refractivity contribution in [3.05, 3.63) is 73.6 Å². The topological polar surface area (TPSA) is 182 Å². The van der Waals surface area contributed by atoms with Crippen molar-refractivity contribution >= 4 is 77.4 Å². The van der Waals surface area contributed by atoms with Crippen LogP contribution in [0.15, 0.2) is 61.2 Å². The van der Waals surface area contributed by atoms with Crippen molar-refractivity contribution in [1.29, 1.82) is 5.41 Å². The lowest BCUT2D eigenvalue weighted by Gasteiger charge is -2.09. The van der Waals surface area contributed by atoms with Gasteiger partial charge in [-0.25, -0.2) is 22.6 Å². The number of nitrogen functional groups attached to an aromatic ring is 1. The van der Waals surface area contributed by atoms with Crippen LogP contribution in [0.25, 0.3) is 11.0 Å². The summed E-state index contributed by atoms with van der Waals surface area (Å²) in [5.74, 6) is -3.73. The Balaban J connectivity index is 0.000000587. The number of nitrogens with two attached hydrogens (primary N) is 1. The Hall–Kier alpha value is -3.55. The number of benzene rings is 2. The Kier molecular flexibility index (Phi) is 9.46. The molecule has 41 heavy (non-hydrogen) atoms. The van der Waals surface area contributed by atoms with Crippen molar-refractivity contribution in [2.45, 2.75) is 26.7 Å². The zero-order chi connectivity index (χ0) is 30.9. The molecule has 0 aliphatic carbocycles. The number of non-ortho nitro benzene ring substituents is 1. The van der Waals surface area contributed by atoms with E-state index >= 15 is 0 Å². The number of thioether (sulfide) groups is 1. The van der Waals surface area contributed by atoms with Crippen LogP contribution in [0.5, 0.6) is 0 Å². The number of halogens is 5. The summed E-state index contributed by atoms with van der Waals surface area (Å²) in [6.07, 6.45) is -1.90. The van der Waals surface area contributed by atoms with Crippen LogP contribution in [0.4, 0.5) is 23.2 Å². The van der Waals surface area contributed by atoms with Gasteiger partial charge in [-0.3, -0.25) is 15.5 Å². The number of thiophene rings is 1. The fourth-order valence-electron chi connectivity index (χ4n) is 3.29. The van der Waals surface area contributed by atoms with Gasteiger partial charge in [-0.05, 0) is 46.5 Å². The summed E-state index contributed by atoms with van der Waals surface area (Å²) in [5, 5.41) is 25.6. The lowest BCUT2D eigenvalue weighted by molar-refractivity contribution is -0.385. The molecule has 0 bridgehead atoms. The third kappa shape index (κ3) is 7.03. The molecular formula is C22H16BrF4N5O6S3. The lowest BCUT2D eigenvalue weighted by Crippen LogP contribution is -2.21. The van der Waals surface area contributed by atoms with Crippen molar-refractivity contribution < 1.29 is 40.8 Å². The molecule has 0 saturated heterocycles. The molecule has 4 rings (SSSR count). The van der Waals surface area contributed by atoms with E-state index in [9.17, 15) is 36.1 Å². The molecule has 2 aromatic heterocycles. The molecule has 0 saturated carbocycles. The molecule has 4 aromatic rings. The first-order valence-electron chi connectivity index (χ1n) is 10.6. The van der Waals surface area contributed by atoms with Crippen LogP contribution in [0.2, 0.25) is 0 Å². The highest BCUT2D eigenvalue weighted by atomic mass is 79.9. The minimum absolute atomic E-state index is 0.0130. The summed E-state index contributed by atoms with van der Waals surface area (Å²) >= 11 is 5.74. The first kappa shape index (κ1) is 32.0. The zero-order valence-electron chi connectivity index (χ0n) is 20.3. The van der Waals surface area contributed by atoms with E-state index < -0.39 is 32.7 Å². The van der Waals surface area contributed by atoms with Crippen LogP contribution in [0.1, 0.15) is 10.4 Å². The highest BCUT2D eigenvalue weighted by Gasteiger charge is 2.38. The third-order valence-corrected chi connectivity index (χ3v) is 10.1. The summed E-state index contributed by atoms with van der Waals surface area (Å²) in [7, 11) is -3.98. The van der Waals surface area contributed by atoms with Crippen molar-refractivity contribution in [1.82, 2.24) is 9.55 Å². The first-order valence-corrected chi connectivity index (χ1v) is 14.9. The third-order valence-electron chi connectivity index (χ3n) is 5.20. The molecule has 0 aliphatic rings. The molecule has 2 heterocycles. The summed E-state index contributed by atoms with van der Waals surface area (Å²) in [4.78, 5) is 23.8. The van der Waals surface area contributed by atoms with Crippen LogP contribution in [0, 0.1) is 21.3 Å². The maximum Gasteiger partial charge on any atom is 0.490 e.